The van der Waals surface area contributed by atoms with Crippen LogP contribution in [-0.2, 0) is 6.61 Å². The number of aliphatic hydroxyl groups excluding tert-OH is 1. The second kappa shape index (κ2) is 11.0. The minimum Gasteiger partial charge on any atom is -0.496 e. The van der Waals surface area contributed by atoms with Crippen molar-refractivity contribution in [3.8, 4) is 38.7 Å². The number of aliphatic hydroxyl groups is 1. The van der Waals surface area contributed by atoms with Crippen LogP contribution in [0.3, 0.4) is 0 Å². The molecule has 0 saturated carbocycles. The monoisotopic (exact) mass is 577 g/mol. The molecule has 0 bridgehead atoms. The molecule has 4 aromatic heterocycles. The van der Waals surface area contributed by atoms with Gasteiger partial charge in [0.15, 0.2) is 5.76 Å². The van der Waals surface area contributed by atoms with Crippen molar-refractivity contribution in [1.29, 1.82) is 0 Å². The van der Waals surface area contributed by atoms with Crippen molar-refractivity contribution in [3.05, 3.63) is 65.3 Å². The number of hydrogen-bond acceptors (Lipinski definition) is 11. The summed E-state index contributed by atoms with van der Waals surface area (Å²) < 4.78 is 24.6. The van der Waals surface area contributed by atoms with Gasteiger partial charge in [0.1, 0.15) is 34.4 Å². The van der Waals surface area contributed by atoms with Gasteiger partial charge < -0.3 is 29.1 Å². The first kappa shape index (κ1) is 25.8. The van der Waals surface area contributed by atoms with Crippen LogP contribution in [0.4, 0.5) is 0 Å². The molecular formula is C27H23N5O6S2. The summed E-state index contributed by atoms with van der Waals surface area (Å²) in [5, 5.41) is 19.9. The van der Waals surface area contributed by atoms with Crippen LogP contribution >= 0.6 is 22.7 Å². The summed E-state index contributed by atoms with van der Waals surface area (Å²) in [6, 6.07) is 12.7. The number of nitrogens with one attached hydrogen (secondary N) is 1. The largest absolute Gasteiger partial charge is 0.496 e. The van der Waals surface area contributed by atoms with E-state index in [0.717, 1.165) is 21.7 Å². The normalized spacial score (nSPS) is 11.3. The van der Waals surface area contributed by atoms with Gasteiger partial charge in [-0.3, -0.25) is 4.79 Å². The molecule has 0 unspecified atom stereocenters. The summed E-state index contributed by atoms with van der Waals surface area (Å²) in [6.07, 6.45) is 1.79. The van der Waals surface area contributed by atoms with Crippen LogP contribution in [0.15, 0.2) is 58.5 Å². The maximum atomic E-state index is 12.1. The van der Waals surface area contributed by atoms with Gasteiger partial charge >= 0.3 is 0 Å². The molecule has 6 rings (SSSR count). The molecule has 0 aliphatic heterocycles. The number of ether oxygens (including phenoxy) is 3. The Balaban J connectivity index is 1.20. The molecule has 0 aliphatic rings. The molecule has 4 heterocycles. The van der Waals surface area contributed by atoms with E-state index in [0.29, 0.717) is 44.3 Å². The maximum Gasteiger partial charge on any atom is 0.294 e. The minimum absolute atomic E-state index is 0.103. The van der Waals surface area contributed by atoms with E-state index in [9.17, 15) is 4.79 Å². The van der Waals surface area contributed by atoms with Gasteiger partial charge in [0.25, 0.3) is 11.1 Å². The highest BCUT2D eigenvalue weighted by molar-refractivity contribution is 7.18. The van der Waals surface area contributed by atoms with Gasteiger partial charge in [0.2, 0.25) is 4.96 Å². The lowest BCUT2D eigenvalue weighted by molar-refractivity contribution is 0.0945. The lowest BCUT2D eigenvalue weighted by Crippen LogP contribution is -2.26. The van der Waals surface area contributed by atoms with Crippen molar-refractivity contribution in [2.75, 3.05) is 27.4 Å². The summed E-state index contributed by atoms with van der Waals surface area (Å²) >= 11 is 2.83. The van der Waals surface area contributed by atoms with Crippen molar-refractivity contribution >= 4 is 44.5 Å². The fraction of sp³-hybridized carbons (Fsp3) is 0.185. The van der Waals surface area contributed by atoms with Crippen LogP contribution in [0.2, 0.25) is 0 Å². The predicted octanol–water partition coefficient (Wildman–Crippen LogP) is 4.65. The Morgan fingerprint density at radius 3 is 2.73 bits per heavy atom. The lowest BCUT2D eigenvalue weighted by atomic mass is 10.1. The third kappa shape index (κ3) is 5.09. The molecule has 0 saturated heterocycles. The zero-order valence-corrected chi connectivity index (χ0v) is 23.0. The van der Waals surface area contributed by atoms with Crippen LogP contribution < -0.4 is 19.5 Å². The number of methoxy groups -OCH3 is 2. The molecule has 6 aromatic rings. The Morgan fingerprint density at radius 1 is 1.12 bits per heavy atom. The summed E-state index contributed by atoms with van der Waals surface area (Å²) in [4.78, 5) is 22.1. The zero-order valence-electron chi connectivity index (χ0n) is 21.4. The van der Waals surface area contributed by atoms with E-state index in [1.807, 2.05) is 29.6 Å². The van der Waals surface area contributed by atoms with Gasteiger partial charge in [-0.05, 0) is 29.5 Å². The first-order chi connectivity index (χ1) is 19.5. The van der Waals surface area contributed by atoms with E-state index in [1.54, 1.807) is 43.1 Å². The average Bonchev–Trinajstić information content (AvgIpc) is 3.77. The second-order valence-corrected chi connectivity index (χ2v) is 10.3. The number of amides is 1. The Kier molecular flexibility index (Phi) is 7.07. The average molecular weight is 578 g/mol. The SMILES string of the molecule is COc1cc(OCc2csc(-c3ccc(C(=O)NCCO)cc3)n2)c2cc(-c3cn4nc(OC)sc4n3)oc2c1. The van der Waals surface area contributed by atoms with Crippen molar-refractivity contribution < 1.29 is 28.5 Å². The number of rotatable bonds is 10. The number of fused-ring (bicyclic) bond motifs is 2. The van der Waals surface area contributed by atoms with Gasteiger partial charge in [0.05, 0.1) is 38.1 Å². The third-order valence-electron chi connectivity index (χ3n) is 5.98. The van der Waals surface area contributed by atoms with Gasteiger partial charge in [-0.15, -0.1) is 16.4 Å². The van der Waals surface area contributed by atoms with Crippen LogP contribution in [-0.4, -0.2) is 58.0 Å². The Bertz CT molecular complexity index is 1770. The van der Waals surface area contributed by atoms with E-state index in [1.165, 1.54) is 22.7 Å². The van der Waals surface area contributed by atoms with Crippen molar-refractivity contribution in [2.45, 2.75) is 6.61 Å². The number of benzene rings is 2. The number of hydrogen-bond donors (Lipinski definition) is 2. The highest BCUT2D eigenvalue weighted by Crippen LogP contribution is 2.38. The predicted molar refractivity (Wildman–Crippen MR) is 150 cm³/mol. The summed E-state index contributed by atoms with van der Waals surface area (Å²) in [6.45, 7) is 0.351. The number of imidazole rings is 1. The standard InChI is InChI=1S/C27H23N5O6S2/c1-35-18-9-21(19-11-23(38-22(19)10-18)20-12-32-26(30-20)40-27(31-32)36-2)37-13-17-14-39-25(29-17)16-5-3-15(4-6-16)24(34)28-7-8-33/h3-6,9-12,14,33H,7-8,13H2,1-2H3,(H,28,34). The van der Waals surface area contributed by atoms with Crippen LogP contribution in [0.5, 0.6) is 16.7 Å². The second-order valence-electron chi connectivity index (χ2n) is 8.56. The number of aromatic nitrogens is 4. The molecule has 0 aliphatic carbocycles. The van der Waals surface area contributed by atoms with E-state index >= 15 is 0 Å². The summed E-state index contributed by atoms with van der Waals surface area (Å²) in [5.41, 5.74) is 3.42. The molecule has 11 nitrogen and oxygen atoms in total. The highest BCUT2D eigenvalue weighted by atomic mass is 32.1. The van der Waals surface area contributed by atoms with E-state index in [4.69, 9.17) is 28.7 Å². The number of carbonyl (C=O) groups excluding carboxylic acids is 1. The van der Waals surface area contributed by atoms with Crippen molar-refractivity contribution in [1.82, 2.24) is 24.9 Å². The molecule has 0 fully saturated rings. The lowest BCUT2D eigenvalue weighted by Gasteiger charge is -2.08. The van der Waals surface area contributed by atoms with E-state index < -0.39 is 0 Å². The third-order valence-corrected chi connectivity index (χ3v) is 7.80. The Hall–Kier alpha value is -4.46. The fourth-order valence-electron chi connectivity index (χ4n) is 4.02. The minimum atomic E-state index is -0.231. The molecule has 204 valence electrons. The number of thiazole rings is 1. The van der Waals surface area contributed by atoms with E-state index in [-0.39, 0.29) is 25.7 Å². The smallest absolute Gasteiger partial charge is 0.294 e. The van der Waals surface area contributed by atoms with E-state index in [2.05, 4.69) is 15.4 Å². The van der Waals surface area contributed by atoms with Crippen molar-refractivity contribution in [2.24, 2.45) is 0 Å². The molecule has 0 atom stereocenters. The summed E-state index contributed by atoms with van der Waals surface area (Å²) in [5.74, 6) is 1.54. The molecule has 1 amide bonds. The van der Waals surface area contributed by atoms with Crippen LogP contribution in [0.25, 0.3) is 38.0 Å². The molecule has 2 N–H and O–H groups in total. The molecule has 0 spiro atoms. The van der Waals surface area contributed by atoms with Crippen LogP contribution in [0.1, 0.15) is 16.1 Å². The molecule has 40 heavy (non-hydrogen) atoms. The molecule has 2 aromatic carbocycles. The van der Waals surface area contributed by atoms with Gasteiger partial charge in [-0.2, -0.15) is 0 Å². The first-order valence-corrected chi connectivity index (χ1v) is 13.8. The number of furan rings is 1. The zero-order chi connectivity index (χ0) is 27.6. The molecular weight excluding hydrogens is 554 g/mol. The highest BCUT2D eigenvalue weighted by Gasteiger charge is 2.18. The summed E-state index contributed by atoms with van der Waals surface area (Å²) in [7, 11) is 3.16. The quantitative estimate of drug-likeness (QED) is 0.239. The maximum absolute atomic E-state index is 12.1. The fourth-order valence-corrected chi connectivity index (χ4v) is 5.53. The molecule has 13 heteroatoms. The van der Waals surface area contributed by atoms with Crippen LogP contribution in [0, 0.1) is 0 Å². The molecule has 0 radical (unpaired) electrons. The topological polar surface area (TPSA) is 133 Å². The van der Waals surface area contributed by atoms with Crippen molar-refractivity contribution in [3.63, 3.8) is 0 Å². The number of carbonyl (C=O) groups is 1. The first-order valence-electron chi connectivity index (χ1n) is 12.1. The Morgan fingerprint density at radius 2 is 1.98 bits per heavy atom. The van der Waals surface area contributed by atoms with Gasteiger partial charge in [-0.1, -0.05) is 12.1 Å². The Labute approximate surface area is 235 Å². The van der Waals surface area contributed by atoms with Gasteiger partial charge in [-0.25, -0.2) is 14.5 Å². The van der Waals surface area contributed by atoms with Gasteiger partial charge in [0, 0.05) is 35.2 Å². The number of nitrogens with zero attached hydrogens (tertiary/aromatic N) is 4.